The number of hydrogen-bond donors (Lipinski definition) is 1. The van der Waals surface area contributed by atoms with Crippen LogP contribution in [-0.2, 0) is 11.4 Å². The Hall–Kier alpha value is -4.57. The molecule has 186 valence electrons. The zero-order chi connectivity index (χ0) is 25.8. The first-order valence-corrected chi connectivity index (χ1v) is 11.4. The topological polar surface area (TPSA) is 91.2 Å². The number of anilines is 1. The number of ether oxygens (including phenoxy) is 2. The van der Waals surface area contributed by atoms with Crippen molar-refractivity contribution in [3.63, 3.8) is 0 Å². The number of alkyl halides is 2. The number of carbonyl (C=O) groups is 1. The van der Waals surface area contributed by atoms with Crippen molar-refractivity contribution in [2.24, 2.45) is 0 Å². The Kier molecular flexibility index (Phi) is 6.65. The quantitative estimate of drug-likeness (QED) is 0.283. The lowest BCUT2D eigenvalue weighted by molar-refractivity contribution is -0.187. The number of amides is 1. The lowest BCUT2D eigenvalue weighted by Gasteiger charge is -2.17. The summed E-state index contributed by atoms with van der Waals surface area (Å²) in [4.78, 5) is 25.2. The van der Waals surface area contributed by atoms with Crippen LogP contribution in [0.2, 0.25) is 5.02 Å². The van der Waals surface area contributed by atoms with Crippen LogP contribution in [0.5, 0.6) is 11.8 Å². The van der Waals surface area contributed by atoms with Crippen molar-refractivity contribution >= 4 is 34.4 Å². The van der Waals surface area contributed by atoms with Crippen molar-refractivity contribution in [1.82, 2.24) is 19.5 Å². The fourth-order valence-electron chi connectivity index (χ4n) is 3.49. The monoisotopic (exact) mass is 521 g/mol. The van der Waals surface area contributed by atoms with E-state index >= 15 is 0 Å². The Labute approximate surface area is 214 Å². The van der Waals surface area contributed by atoms with Gasteiger partial charge in [-0.3, -0.25) is 4.79 Å². The molecule has 2 aromatic carbocycles. The minimum atomic E-state index is -4.11. The first-order chi connectivity index (χ1) is 17.9. The molecule has 0 fully saturated rings. The van der Waals surface area contributed by atoms with Crippen LogP contribution in [0.4, 0.5) is 14.6 Å². The van der Waals surface area contributed by atoms with Crippen LogP contribution in [0.1, 0.15) is 5.69 Å². The van der Waals surface area contributed by atoms with Crippen LogP contribution < -0.4 is 14.8 Å². The standard InChI is InChI=1S/C26H18ClF2N5O3/c27-19-11-7-15-30-23(19)34-21-13-5-4-12-20(21)32-25(34)36-16-17-8-6-14-22(31-17)33-24(35)26(28,29)37-18-9-2-1-3-10-18/h1-15H,16H2,(H,31,33,35). The molecule has 3 heterocycles. The van der Waals surface area contributed by atoms with Gasteiger partial charge in [-0.1, -0.05) is 48.0 Å². The van der Waals surface area contributed by atoms with E-state index in [1.54, 1.807) is 41.1 Å². The first kappa shape index (κ1) is 24.1. The number of nitrogens with zero attached hydrogens (tertiary/aromatic N) is 4. The number of imidazole rings is 1. The number of halogens is 3. The number of carbonyl (C=O) groups excluding carboxylic acids is 1. The molecule has 8 nitrogen and oxygen atoms in total. The molecule has 5 rings (SSSR count). The second-order valence-corrected chi connectivity index (χ2v) is 8.12. The number of pyridine rings is 2. The molecule has 1 N–H and O–H groups in total. The Morgan fingerprint density at radius 1 is 0.946 bits per heavy atom. The van der Waals surface area contributed by atoms with Crippen LogP contribution >= 0.6 is 11.6 Å². The fraction of sp³-hybridized carbons (Fsp3) is 0.0769. The number of rotatable bonds is 8. The molecule has 0 bridgehead atoms. The third-order valence-corrected chi connectivity index (χ3v) is 5.43. The number of para-hydroxylation sites is 3. The maximum Gasteiger partial charge on any atom is 0.482 e. The van der Waals surface area contributed by atoms with E-state index in [4.69, 9.17) is 16.3 Å². The summed E-state index contributed by atoms with van der Waals surface area (Å²) < 4.78 is 40.7. The third-order valence-electron chi connectivity index (χ3n) is 5.13. The van der Waals surface area contributed by atoms with Gasteiger partial charge >= 0.3 is 18.0 Å². The van der Waals surface area contributed by atoms with Crippen LogP contribution in [0.15, 0.2) is 91.1 Å². The van der Waals surface area contributed by atoms with E-state index in [1.807, 2.05) is 24.3 Å². The van der Waals surface area contributed by atoms with Crippen molar-refractivity contribution in [2.45, 2.75) is 12.7 Å². The molecule has 0 unspecified atom stereocenters. The highest BCUT2D eigenvalue weighted by molar-refractivity contribution is 6.32. The van der Waals surface area contributed by atoms with Gasteiger partial charge in [-0.25, -0.2) is 14.5 Å². The van der Waals surface area contributed by atoms with E-state index in [1.165, 1.54) is 30.3 Å². The fourth-order valence-corrected chi connectivity index (χ4v) is 3.69. The van der Waals surface area contributed by atoms with Gasteiger partial charge in [-0.05, 0) is 48.5 Å². The average Bonchev–Trinajstić information content (AvgIpc) is 3.26. The highest BCUT2D eigenvalue weighted by Crippen LogP contribution is 2.29. The maximum atomic E-state index is 14.3. The van der Waals surface area contributed by atoms with E-state index in [9.17, 15) is 13.6 Å². The number of hydrogen-bond acceptors (Lipinski definition) is 6. The van der Waals surface area contributed by atoms with Crippen molar-refractivity contribution in [1.29, 1.82) is 0 Å². The molecular formula is C26H18ClF2N5O3. The molecule has 0 aliphatic carbocycles. The van der Waals surface area contributed by atoms with Gasteiger partial charge in [0.1, 0.15) is 18.2 Å². The molecule has 11 heteroatoms. The summed E-state index contributed by atoms with van der Waals surface area (Å²) in [6.07, 6.45) is -2.51. The van der Waals surface area contributed by atoms with Gasteiger partial charge in [-0.15, -0.1) is 0 Å². The molecule has 0 aliphatic rings. The second-order valence-electron chi connectivity index (χ2n) is 7.72. The minimum absolute atomic E-state index is 0.0750. The lowest BCUT2D eigenvalue weighted by Crippen LogP contribution is -2.40. The van der Waals surface area contributed by atoms with Crippen LogP contribution in [0, 0.1) is 0 Å². The zero-order valence-corrected chi connectivity index (χ0v) is 19.8. The molecule has 5 aromatic rings. The predicted octanol–water partition coefficient (Wildman–Crippen LogP) is 5.66. The number of fused-ring (bicyclic) bond motifs is 1. The summed E-state index contributed by atoms with van der Waals surface area (Å²) >= 11 is 6.37. The van der Waals surface area contributed by atoms with Crippen LogP contribution in [0.25, 0.3) is 16.9 Å². The van der Waals surface area contributed by atoms with Crippen molar-refractivity contribution in [3.8, 4) is 17.6 Å². The molecule has 0 radical (unpaired) electrons. The highest BCUT2D eigenvalue weighted by atomic mass is 35.5. The Morgan fingerprint density at radius 2 is 1.73 bits per heavy atom. The molecule has 3 aromatic heterocycles. The molecule has 1 amide bonds. The Bertz CT molecular complexity index is 1560. The summed E-state index contributed by atoms with van der Waals surface area (Å²) in [5, 5.41) is 2.48. The Morgan fingerprint density at radius 3 is 2.54 bits per heavy atom. The first-order valence-electron chi connectivity index (χ1n) is 11.0. The molecule has 0 spiro atoms. The van der Waals surface area contributed by atoms with Gasteiger partial charge in [0, 0.05) is 6.20 Å². The van der Waals surface area contributed by atoms with Gasteiger partial charge in [-0.2, -0.15) is 13.8 Å². The largest absolute Gasteiger partial charge is 0.482 e. The van der Waals surface area contributed by atoms with Gasteiger partial charge in [0.2, 0.25) is 0 Å². The Balaban J connectivity index is 1.33. The second kappa shape index (κ2) is 10.2. The summed E-state index contributed by atoms with van der Waals surface area (Å²) in [5.41, 5.74) is 1.75. The average molecular weight is 522 g/mol. The van der Waals surface area contributed by atoms with E-state index < -0.39 is 12.0 Å². The highest BCUT2D eigenvalue weighted by Gasteiger charge is 2.42. The van der Waals surface area contributed by atoms with Crippen molar-refractivity contribution < 1.29 is 23.0 Å². The normalized spacial score (nSPS) is 11.3. The summed E-state index contributed by atoms with van der Waals surface area (Å²) in [7, 11) is 0. The van der Waals surface area contributed by atoms with E-state index in [-0.39, 0.29) is 24.2 Å². The molecule has 0 aliphatic heterocycles. The van der Waals surface area contributed by atoms with Crippen LogP contribution in [-0.4, -0.2) is 31.5 Å². The SMILES string of the molecule is O=C(Nc1cccc(COc2nc3ccccc3n2-c2ncccc2Cl)n1)C(F)(F)Oc1ccccc1. The van der Waals surface area contributed by atoms with Gasteiger partial charge in [0.05, 0.1) is 21.7 Å². The maximum absolute atomic E-state index is 14.3. The number of nitrogens with one attached hydrogen (secondary N) is 1. The predicted molar refractivity (Wildman–Crippen MR) is 133 cm³/mol. The van der Waals surface area contributed by atoms with E-state index in [0.29, 0.717) is 22.1 Å². The zero-order valence-electron chi connectivity index (χ0n) is 19.0. The van der Waals surface area contributed by atoms with Gasteiger partial charge in [0.15, 0.2) is 5.82 Å². The number of benzene rings is 2. The smallest absolute Gasteiger partial charge is 0.458 e. The minimum Gasteiger partial charge on any atom is -0.458 e. The molecule has 0 saturated carbocycles. The third kappa shape index (κ3) is 5.34. The van der Waals surface area contributed by atoms with Crippen LogP contribution in [0.3, 0.4) is 0 Å². The lowest BCUT2D eigenvalue weighted by atomic mass is 10.3. The summed E-state index contributed by atoms with van der Waals surface area (Å²) in [6.45, 7) is -0.0750. The number of aromatic nitrogens is 4. The van der Waals surface area contributed by atoms with Crippen molar-refractivity contribution in [2.75, 3.05) is 5.32 Å². The summed E-state index contributed by atoms with van der Waals surface area (Å²) in [5.74, 6) is -1.46. The van der Waals surface area contributed by atoms with Crippen molar-refractivity contribution in [3.05, 3.63) is 102 Å². The molecular weight excluding hydrogens is 504 g/mol. The summed E-state index contributed by atoms with van der Waals surface area (Å²) in [6, 6.07) is 22.9. The van der Waals surface area contributed by atoms with E-state index in [0.717, 1.165) is 5.52 Å². The van der Waals surface area contributed by atoms with Gasteiger partial charge in [0.25, 0.3) is 0 Å². The molecule has 0 atom stereocenters. The van der Waals surface area contributed by atoms with Gasteiger partial charge < -0.3 is 14.8 Å². The molecule has 37 heavy (non-hydrogen) atoms. The van der Waals surface area contributed by atoms with E-state index in [2.05, 4.69) is 25.0 Å². The molecule has 0 saturated heterocycles.